The second-order valence-electron chi connectivity index (χ2n) is 1.76. The zero-order chi connectivity index (χ0) is 9.40. The Hall–Kier alpha value is 0.641. The van der Waals surface area contributed by atoms with E-state index in [1.165, 1.54) is 0 Å². The average Bonchev–Trinajstić information content (AvgIpc) is 2.08. The molecular formula is C7H10BKO3. The predicted molar refractivity (Wildman–Crippen MR) is 48.9 cm³/mol. The van der Waals surface area contributed by atoms with Crippen LogP contribution in [0.25, 0.3) is 0 Å². The molecule has 5 heteroatoms. The van der Waals surface area contributed by atoms with E-state index in [9.17, 15) is 0 Å². The van der Waals surface area contributed by atoms with Gasteiger partial charge in [0.15, 0.2) is 0 Å². The molecule has 0 heterocycles. The van der Waals surface area contributed by atoms with Gasteiger partial charge in [-0.3, -0.25) is 0 Å². The van der Waals surface area contributed by atoms with Crippen LogP contribution in [0.3, 0.4) is 0 Å². The van der Waals surface area contributed by atoms with Gasteiger partial charge >= 0.3 is 57.3 Å². The fourth-order valence-corrected chi connectivity index (χ4v) is 0.621. The van der Waals surface area contributed by atoms with Gasteiger partial charge in [0.25, 0.3) is 0 Å². The van der Waals surface area contributed by atoms with Crippen molar-refractivity contribution in [1.82, 2.24) is 0 Å². The molecule has 12 heavy (non-hydrogen) atoms. The molecular weight excluding hydrogens is 182 g/mol. The van der Waals surface area contributed by atoms with Gasteiger partial charge in [-0.25, -0.2) is 0 Å². The van der Waals surface area contributed by atoms with Crippen molar-refractivity contribution in [1.29, 1.82) is 0 Å². The number of rotatable bonds is 2. The molecule has 1 rings (SSSR count). The van der Waals surface area contributed by atoms with Gasteiger partial charge < -0.3 is 14.7 Å². The summed E-state index contributed by atoms with van der Waals surface area (Å²) in [6.07, 6.45) is 0. The molecule has 1 aromatic rings. The topological polar surface area (TPSA) is 49.7 Å². The van der Waals surface area contributed by atoms with Crippen LogP contribution in [-0.4, -0.2) is 66.3 Å². The molecule has 0 aliphatic heterocycles. The third-order valence-corrected chi connectivity index (χ3v) is 0.985. The van der Waals surface area contributed by atoms with Gasteiger partial charge in [0, 0.05) is 0 Å². The van der Waals surface area contributed by atoms with Crippen LogP contribution >= 0.6 is 0 Å². The van der Waals surface area contributed by atoms with Gasteiger partial charge in [-0.15, -0.1) is 0 Å². The summed E-state index contributed by atoms with van der Waals surface area (Å²) >= 11 is 1.06. The zero-order valence-electron chi connectivity index (χ0n) is 7.27. The van der Waals surface area contributed by atoms with Gasteiger partial charge in [-0.05, 0) is 12.1 Å². The van der Waals surface area contributed by atoms with Crippen molar-refractivity contribution in [2.24, 2.45) is 0 Å². The van der Waals surface area contributed by atoms with E-state index in [4.69, 9.17) is 10.0 Å². The number of para-hydroxylation sites is 1. The van der Waals surface area contributed by atoms with E-state index in [0.717, 1.165) is 49.0 Å². The van der Waals surface area contributed by atoms with Crippen molar-refractivity contribution < 1.29 is 14.7 Å². The van der Waals surface area contributed by atoms with Gasteiger partial charge in [-0.2, -0.15) is 0 Å². The van der Waals surface area contributed by atoms with E-state index >= 15 is 0 Å². The fourth-order valence-electron chi connectivity index (χ4n) is 0.621. The minimum absolute atomic E-state index is 0.442. The first-order valence-electron chi connectivity index (χ1n) is 3.87. The number of benzene rings is 1. The molecule has 0 saturated heterocycles. The Kier molecular flexibility index (Phi) is 8.69. The Bertz CT molecular complexity index is 193. The molecule has 0 bridgehead atoms. The summed E-state index contributed by atoms with van der Waals surface area (Å²) < 4.78 is 6.71. The predicted octanol–water partition coefficient (Wildman–Crippen LogP) is 0.238. The molecule has 0 spiro atoms. The second kappa shape index (κ2) is 8.25. The molecule has 2 N–H and O–H groups in total. The summed E-state index contributed by atoms with van der Waals surface area (Å²) in [6.45, 7) is 0. The molecule has 0 amide bonds. The molecule has 60 valence electrons. The Labute approximate surface area is 107 Å². The van der Waals surface area contributed by atoms with Crippen LogP contribution in [-0.2, 0) is 0 Å². The van der Waals surface area contributed by atoms with E-state index in [-0.39, 0.29) is 0 Å². The van der Waals surface area contributed by atoms with E-state index in [2.05, 4.69) is 5.67 Å². The first-order chi connectivity index (χ1) is 5.79. The Morgan fingerprint density at radius 3 is 2.08 bits per heavy atom. The first kappa shape index (κ1) is 12.6. The van der Waals surface area contributed by atoms with Crippen molar-refractivity contribution >= 4 is 56.3 Å². The van der Waals surface area contributed by atoms with Gasteiger partial charge in [0.1, 0.15) is 5.75 Å². The quantitative estimate of drug-likeness (QED) is 0.660. The van der Waals surface area contributed by atoms with E-state index in [0.29, 0.717) is 5.75 Å². The summed E-state index contributed by atoms with van der Waals surface area (Å²) in [5.74, 6) is 0.442. The Morgan fingerprint density at radius 2 is 1.67 bits per heavy atom. The molecule has 0 saturated carbocycles. The monoisotopic (exact) mass is 192 g/mol. The van der Waals surface area contributed by atoms with Crippen LogP contribution in [0.1, 0.15) is 0 Å². The number of hydrogen-bond acceptors (Lipinski definition) is 3. The maximum absolute atomic E-state index is 8.34. The van der Waals surface area contributed by atoms with Crippen LogP contribution < -0.4 is 4.65 Å². The Morgan fingerprint density at radius 1 is 1.17 bits per heavy atom. The molecule has 0 fully saturated rings. The molecule has 0 unspecified atom stereocenters. The minimum atomic E-state index is -1.73. The van der Waals surface area contributed by atoms with Crippen molar-refractivity contribution in [3.05, 3.63) is 30.3 Å². The fraction of sp³-hybridized carbons (Fsp3) is 0.143. The summed E-state index contributed by atoms with van der Waals surface area (Å²) in [5, 5.41) is 16.7. The Balaban J connectivity index is 0.000000561. The summed E-state index contributed by atoms with van der Waals surface area (Å²) in [5.41, 5.74) is 0. The average molecular weight is 192 g/mol. The second-order valence-corrected chi connectivity index (χ2v) is 1.76. The van der Waals surface area contributed by atoms with E-state index in [1.807, 2.05) is 6.07 Å². The SMILES string of the molecule is OB(O)Oc1ccccc1.[CH3][K]. The first-order valence-corrected chi connectivity index (χ1v) is 6.99. The molecule has 3 nitrogen and oxygen atoms in total. The standard InChI is InChI=1S/C6H7BO3.CH3.K/c8-7(9)10-6-4-2-1-3-5-6;;/h1-5,8-9H;1H3;. The van der Waals surface area contributed by atoms with E-state index in [1.54, 1.807) is 24.3 Å². The van der Waals surface area contributed by atoms with Crippen LogP contribution in [0.2, 0.25) is 1.02 Å². The molecule has 0 atom stereocenters. The normalized spacial score (nSPS) is 8.08. The maximum atomic E-state index is 8.34. The molecule has 0 aromatic heterocycles. The van der Waals surface area contributed by atoms with Crippen LogP contribution in [0.4, 0.5) is 0 Å². The summed E-state index contributed by atoms with van der Waals surface area (Å²) in [4.78, 5) is 0. The molecule has 0 radical (unpaired) electrons. The zero-order valence-corrected chi connectivity index (χ0v) is 10.4. The third kappa shape index (κ3) is 6.19. The van der Waals surface area contributed by atoms with Crippen molar-refractivity contribution in [3.63, 3.8) is 0 Å². The third-order valence-electron chi connectivity index (χ3n) is 0.985. The summed E-state index contributed by atoms with van der Waals surface area (Å²) in [6, 6.07) is 8.59. The van der Waals surface area contributed by atoms with Crippen molar-refractivity contribution in [3.8, 4) is 5.75 Å². The van der Waals surface area contributed by atoms with E-state index < -0.39 is 7.32 Å². The van der Waals surface area contributed by atoms with Crippen molar-refractivity contribution in [2.45, 2.75) is 1.02 Å². The molecule has 1 aromatic carbocycles. The summed E-state index contributed by atoms with van der Waals surface area (Å²) in [7, 11) is -1.73. The molecule has 0 aliphatic carbocycles. The van der Waals surface area contributed by atoms with Gasteiger partial charge in [0.2, 0.25) is 0 Å². The molecule has 0 aliphatic rings. The van der Waals surface area contributed by atoms with Crippen LogP contribution in [0, 0.1) is 0 Å². The van der Waals surface area contributed by atoms with Crippen molar-refractivity contribution in [2.75, 3.05) is 0 Å². The van der Waals surface area contributed by atoms with Gasteiger partial charge in [-0.1, -0.05) is 18.2 Å². The van der Waals surface area contributed by atoms with Gasteiger partial charge in [0.05, 0.1) is 0 Å². The number of hydrogen-bond donors (Lipinski definition) is 2. The van der Waals surface area contributed by atoms with Crippen LogP contribution in [0.5, 0.6) is 5.75 Å². The van der Waals surface area contributed by atoms with Crippen LogP contribution in [0.15, 0.2) is 30.3 Å².